The number of rotatable bonds is 1. The van der Waals surface area contributed by atoms with E-state index in [1.54, 1.807) is 12.1 Å². The van der Waals surface area contributed by atoms with Crippen molar-refractivity contribution < 1.29 is 13.1 Å². The van der Waals surface area contributed by atoms with Gasteiger partial charge in [-0.2, -0.15) is 4.57 Å². The van der Waals surface area contributed by atoms with Crippen LogP contribution in [0.2, 0.25) is 0 Å². The maximum Gasteiger partial charge on any atom is 0.257 e. The standard InChI is InChI=1S/C28H22NO/c1-17-14-15-29(19(3)16-17)27-18(2)8-12-23-26-24(30-28(23)27)13-11-21-10-9-20-6-4-5-7-22(20)25(21)26/h4-16H,1-3H3/q+1/i1D3. The second-order valence-electron chi connectivity index (χ2n) is 7.96. The zero-order valence-corrected chi connectivity index (χ0v) is 16.9. The molecule has 2 heterocycles. The number of aromatic nitrogens is 1. The van der Waals surface area contributed by atoms with Crippen LogP contribution in [0.5, 0.6) is 0 Å². The Hall–Kier alpha value is -3.65. The maximum absolute atomic E-state index is 7.74. The Kier molecular flexibility index (Phi) is 2.95. The molecule has 0 aliphatic heterocycles. The molecule has 0 fully saturated rings. The molecule has 0 amide bonds. The van der Waals surface area contributed by atoms with Gasteiger partial charge in [0.25, 0.3) is 5.69 Å². The molecule has 0 aliphatic rings. The minimum absolute atomic E-state index is 0.336. The second kappa shape index (κ2) is 6.17. The topological polar surface area (TPSA) is 17.0 Å². The molecule has 0 aliphatic carbocycles. The van der Waals surface area contributed by atoms with Gasteiger partial charge in [-0.1, -0.05) is 48.5 Å². The third-order valence-electron chi connectivity index (χ3n) is 6.07. The molecule has 6 aromatic rings. The predicted octanol–water partition coefficient (Wildman–Crippen LogP) is 7.09. The van der Waals surface area contributed by atoms with Crippen LogP contribution in [-0.4, -0.2) is 0 Å². The lowest BCUT2D eigenvalue weighted by Gasteiger charge is -2.06. The fourth-order valence-electron chi connectivity index (χ4n) is 4.68. The van der Waals surface area contributed by atoms with Gasteiger partial charge >= 0.3 is 0 Å². The van der Waals surface area contributed by atoms with Gasteiger partial charge in [-0.15, -0.1) is 0 Å². The summed E-state index contributed by atoms with van der Waals surface area (Å²) < 4.78 is 31.7. The zero-order valence-electron chi connectivity index (χ0n) is 19.9. The van der Waals surface area contributed by atoms with Gasteiger partial charge in [-0.3, -0.25) is 0 Å². The fourth-order valence-corrected chi connectivity index (χ4v) is 4.68. The Labute approximate surface area is 179 Å². The van der Waals surface area contributed by atoms with E-state index in [-0.39, 0.29) is 0 Å². The van der Waals surface area contributed by atoms with Crippen molar-refractivity contribution in [3.63, 3.8) is 0 Å². The highest BCUT2D eigenvalue weighted by Crippen LogP contribution is 2.39. The predicted molar refractivity (Wildman–Crippen MR) is 124 cm³/mol. The largest absolute Gasteiger partial charge is 0.449 e. The number of aryl methyl sites for hydroxylation is 3. The van der Waals surface area contributed by atoms with Crippen LogP contribution in [0.4, 0.5) is 0 Å². The highest BCUT2D eigenvalue weighted by molar-refractivity contribution is 6.27. The van der Waals surface area contributed by atoms with E-state index in [0.29, 0.717) is 5.56 Å². The van der Waals surface area contributed by atoms with Gasteiger partial charge in [0.2, 0.25) is 5.58 Å². The second-order valence-corrected chi connectivity index (χ2v) is 7.96. The molecule has 144 valence electrons. The van der Waals surface area contributed by atoms with Crippen LogP contribution in [0.25, 0.3) is 49.2 Å². The van der Waals surface area contributed by atoms with Crippen molar-refractivity contribution in [3.8, 4) is 5.69 Å². The quantitative estimate of drug-likeness (QED) is 0.216. The SMILES string of the molecule is [2H]C([2H])([2H])c1cc[n+](-c2c(C)ccc3c2oc2ccc4ccc5ccccc5c4c23)c(C)c1. The first kappa shape index (κ1) is 14.4. The summed E-state index contributed by atoms with van der Waals surface area (Å²) >= 11 is 0. The molecule has 0 bridgehead atoms. The third kappa shape index (κ3) is 2.34. The summed E-state index contributed by atoms with van der Waals surface area (Å²) in [5.74, 6) is 0. The molecule has 30 heavy (non-hydrogen) atoms. The maximum atomic E-state index is 7.74. The van der Waals surface area contributed by atoms with Gasteiger partial charge in [-0.25, -0.2) is 0 Å². The molecule has 0 atom stereocenters. The highest BCUT2D eigenvalue weighted by atomic mass is 16.3. The average Bonchev–Trinajstić information content (AvgIpc) is 3.17. The first-order valence-corrected chi connectivity index (χ1v) is 10.1. The van der Waals surface area contributed by atoms with E-state index in [2.05, 4.69) is 61.5 Å². The first-order chi connectivity index (χ1) is 15.8. The van der Waals surface area contributed by atoms with Crippen LogP contribution >= 0.6 is 0 Å². The van der Waals surface area contributed by atoms with Crippen molar-refractivity contribution >= 4 is 43.5 Å². The van der Waals surface area contributed by atoms with E-state index in [1.807, 2.05) is 23.8 Å². The van der Waals surface area contributed by atoms with Crippen LogP contribution in [0, 0.1) is 20.7 Å². The lowest BCUT2D eigenvalue weighted by atomic mass is 9.97. The normalized spacial score (nSPS) is 13.7. The number of hydrogen-bond donors (Lipinski definition) is 0. The minimum atomic E-state index is -2.13. The van der Waals surface area contributed by atoms with Gasteiger partial charge in [-0.05, 0) is 47.6 Å². The van der Waals surface area contributed by atoms with Crippen molar-refractivity contribution in [1.29, 1.82) is 0 Å². The number of pyridine rings is 1. The first-order valence-electron chi connectivity index (χ1n) is 11.6. The molecule has 0 spiro atoms. The Morgan fingerprint density at radius 3 is 2.50 bits per heavy atom. The van der Waals surface area contributed by atoms with Gasteiger partial charge in [0, 0.05) is 44.9 Å². The summed E-state index contributed by atoms with van der Waals surface area (Å²) in [6.07, 6.45) is 1.83. The molecule has 0 unspecified atom stereocenters. The van der Waals surface area contributed by atoms with Crippen molar-refractivity contribution in [3.05, 3.63) is 95.8 Å². The summed E-state index contributed by atoms with van der Waals surface area (Å²) in [6, 6.07) is 24.6. The van der Waals surface area contributed by atoms with Crippen molar-refractivity contribution in [2.45, 2.75) is 20.7 Å². The number of nitrogens with zero attached hydrogens (tertiary/aromatic N) is 1. The smallest absolute Gasteiger partial charge is 0.257 e. The van der Waals surface area contributed by atoms with E-state index in [9.17, 15) is 0 Å². The van der Waals surface area contributed by atoms with Gasteiger partial charge in [0.15, 0.2) is 11.9 Å². The molecule has 2 nitrogen and oxygen atoms in total. The zero-order chi connectivity index (χ0) is 22.9. The molecule has 2 heteroatoms. The summed E-state index contributed by atoms with van der Waals surface area (Å²) in [6.45, 7) is 1.85. The molecule has 6 rings (SSSR count). The summed E-state index contributed by atoms with van der Waals surface area (Å²) in [4.78, 5) is 0. The summed E-state index contributed by atoms with van der Waals surface area (Å²) in [5.41, 5.74) is 4.83. The van der Waals surface area contributed by atoms with Crippen molar-refractivity contribution in [1.82, 2.24) is 0 Å². The Balaban J connectivity index is 1.73. The summed E-state index contributed by atoms with van der Waals surface area (Å²) in [5, 5.41) is 6.94. The fraction of sp³-hybridized carbons (Fsp3) is 0.107. The summed E-state index contributed by atoms with van der Waals surface area (Å²) in [7, 11) is 0. The van der Waals surface area contributed by atoms with Crippen LogP contribution in [0.15, 0.2) is 83.4 Å². The molecular formula is C28H22NO+. The Morgan fingerprint density at radius 1 is 0.800 bits per heavy atom. The van der Waals surface area contributed by atoms with E-state index in [0.717, 1.165) is 38.9 Å². The van der Waals surface area contributed by atoms with Crippen LogP contribution < -0.4 is 4.57 Å². The van der Waals surface area contributed by atoms with Crippen molar-refractivity contribution in [2.24, 2.45) is 0 Å². The molecular weight excluding hydrogens is 366 g/mol. The van der Waals surface area contributed by atoms with E-state index in [1.165, 1.54) is 21.5 Å². The van der Waals surface area contributed by atoms with Gasteiger partial charge in [0.1, 0.15) is 5.58 Å². The Bertz CT molecular complexity index is 1730. The lowest BCUT2D eigenvalue weighted by Crippen LogP contribution is -2.34. The van der Waals surface area contributed by atoms with Gasteiger partial charge in [0.05, 0.1) is 0 Å². The average molecular weight is 392 g/mol. The van der Waals surface area contributed by atoms with Crippen LogP contribution in [-0.2, 0) is 0 Å². The number of furan rings is 1. The number of fused-ring (bicyclic) bond motifs is 7. The lowest BCUT2D eigenvalue weighted by molar-refractivity contribution is -0.602. The molecule has 0 N–H and O–H groups in total. The van der Waals surface area contributed by atoms with E-state index < -0.39 is 6.85 Å². The molecule has 2 aromatic heterocycles. The molecule has 4 aromatic carbocycles. The van der Waals surface area contributed by atoms with Crippen molar-refractivity contribution in [2.75, 3.05) is 0 Å². The Morgan fingerprint density at radius 2 is 1.63 bits per heavy atom. The molecule has 0 radical (unpaired) electrons. The minimum Gasteiger partial charge on any atom is -0.449 e. The molecule has 0 saturated heterocycles. The van der Waals surface area contributed by atoms with Gasteiger partial charge < -0.3 is 4.42 Å². The van der Waals surface area contributed by atoms with Crippen LogP contribution in [0.3, 0.4) is 0 Å². The van der Waals surface area contributed by atoms with Crippen LogP contribution in [0.1, 0.15) is 20.9 Å². The monoisotopic (exact) mass is 391 g/mol. The number of benzene rings is 4. The third-order valence-corrected chi connectivity index (χ3v) is 6.07. The highest BCUT2D eigenvalue weighted by Gasteiger charge is 2.23. The van der Waals surface area contributed by atoms with E-state index in [4.69, 9.17) is 8.53 Å². The molecule has 0 saturated carbocycles. The van der Waals surface area contributed by atoms with E-state index >= 15 is 0 Å². The number of hydrogen-bond acceptors (Lipinski definition) is 1.